The summed E-state index contributed by atoms with van der Waals surface area (Å²) in [6, 6.07) is 0.240. The number of hydrogen-bond acceptors (Lipinski definition) is 6. The summed E-state index contributed by atoms with van der Waals surface area (Å²) >= 11 is 7.19. The molecule has 1 aromatic heterocycles. The fourth-order valence-corrected chi connectivity index (χ4v) is 1.78. The molecule has 0 aliphatic heterocycles. The Kier molecular flexibility index (Phi) is 5.67. The molecule has 0 bridgehead atoms. The second-order valence-electron chi connectivity index (χ2n) is 2.57. The van der Waals surface area contributed by atoms with Crippen molar-refractivity contribution in [3.63, 3.8) is 0 Å². The highest BCUT2D eigenvalue weighted by Gasteiger charge is 2.05. The van der Waals surface area contributed by atoms with Crippen LogP contribution in [-0.2, 0) is 4.74 Å². The molecule has 1 heterocycles. The first kappa shape index (κ1) is 12.5. The second-order valence-corrected chi connectivity index (χ2v) is 3.97. The molecule has 5 nitrogen and oxygen atoms in total. The predicted molar refractivity (Wildman–Crippen MR) is 58.6 cm³/mol. The molecular weight excluding hydrogens is 238 g/mol. The Bertz CT molecular complexity index is 314. The van der Waals surface area contributed by atoms with Gasteiger partial charge in [0.15, 0.2) is 5.16 Å². The van der Waals surface area contributed by atoms with E-state index in [1.807, 2.05) is 0 Å². The average molecular weight is 250 g/mol. The maximum atomic E-state index is 5.69. The van der Waals surface area contributed by atoms with Crippen LogP contribution in [0.3, 0.4) is 0 Å². The number of nitrogens with zero attached hydrogens (tertiary/aromatic N) is 3. The van der Waals surface area contributed by atoms with E-state index in [9.17, 15) is 0 Å². The van der Waals surface area contributed by atoms with Gasteiger partial charge in [-0.15, -0.1) is 0 Å². The molecule has 0 saturated carbocycles. The summed E-state index contributed by atoms with van der Waals surface area (Å²) in [4.78, 5) is 11.8. The van der Waals surface area contributed by atoms with Gasteiger partial charge in [0, 0.05) is 19.5 Å². The average Bonchev–Trinajstić information content (AvgIpc) is 2.23. The quantitative estimate of drug-likeness (QED) is 0.565. The lowest BCUT2D eigenvalue weighted by Gasteiger charge is -2.02. The van der Waals surface area contributed by atoms with Gasteiger partial charge in [0.2, 0.25) is 5.28 Å². The summed E-state index contributed by atoms with van der Waals surface area (Å²) in [5.74, 6) is 0.872. The molecule has 0 atom stereocenters. The standard InChI is InChI=1S/C8H12ClN3O2S/c1-13-4-3-5-15-8-11-6(9)10-7(12-8)14-2/h3-5H2,1-2H3. The van der Waals surface area contributed by atoms with E-state index in [1.54, 1.807) is 7.11 Å². The van der Waals surface area contributed by atoms with E-state index in [0.717, 1.165) is 18.8 Å². The maximum Gasteiger partial charge on any atom is 0.321 e. The number of thioether (sulfide) groups is 1. The predicted octanol–water partition coefficient (Wildman–Crippen LogP) is 1.66. The van der Waals surface area contributed by atoms with Gasteiger partial charge >= 0.3 is 6.01 Å². The van der Waals surface area contributed by atoms with Gasteiger partial charge in [-0.1, -0.05) is 11.8 Å². The number of methoxy groups -OCH3 is 2. The zero-order valence-electron chi connectivity index (χ0n) is 8.57. The Labute approximate surface area is 97.6 Å². The van der Waals surface area contributed by atoms with Crippen LogP contribution in [0.15, 0.2) is 5.16 Å². The van der Waals surface area contributed by atoms with Crippen molar-refractivity contribution in [1.82, 2.24) is 15.0 Å². The van der Waals surface area contributed by atoms with Crippen LogP contribution in [0.4, 0.5) is 0 Å². The number of rotatable bonds is 6. The van der Waals surface area contributed by atoms with E-state index < -0.39 is 0 Å². The lowest BCUT2D eigenvalue weighted by molar-refractivity contribution is 0.200. The monoisotopic (exact) mass is 249 g/mol. The van der Waals surface area contributed by atoms with E-state index in [1.165, 1.54) is 18.9 Å². The van der Waals surface area contributed by atoms with E-state index >= 15 is 0 Å². The van der Waals surface area contributed by atoms with Gasteiger partial charge in [0.25, 0.3) is 0 Å². The molecule has 0 aromatic carbocycles. The first-order valence-electron chi connectivity index (χ1n) is 4.33. The van der Waals surface area contributed by atoms with Crippen molar-refractivity contribution in [1.29, 1.82) is 0 Å². The Hall–Kier alpha value is -0.590. The van der Waals surface area contributed by atoms with Crippen molar-refractivity contribution in [2.45, 2.75) is 11.6 Å². The van der Waals surface area contributed by atoms with Crippen LogP contribution in [0, 0.1) is 0 Å². The third-order valence-corrected chi connectivity index (χ3v) is 2.58. The Morgan fingerprint density at radius 3 is 2.73 bits per heavy atom. The number of halogens is 1. The number of ether oxygens (including phenoxy) is 2. The fraction of sp³-hybridized carbons (Fsp3) is 0.625. The first-order valence-corrected chi connectivity index (χ1v) is 5.70. The SMILES string of the molecule is COCCCSc1nc(Cl)nc(OC)n1. The summed E-state index contributed by atoms with van der Waals surface area (Å²) in [7, 11) is 3.17. The van der Waals surface area contributed by atoms with Crippen LogP contribution < -0.4 is 4.74 Å². The van der Waals surface area contributed by atoms with Gasteiger partial charge in [-0.25, -0.2) is 0 Å². The van der Waals surface area contributed by atoms with E-state index in [4.69, 9.17) is 21.1 Å². The zero-order chi connectivity index (χ0) is 11.1. The van der Waals surface area contributed by atoms with Crippen LogP contribution >= 0.6 is 23.4 Å². The molecule has 0 saturated heterocycles. The number of aromatic nitrogens is 3. The Balaban J connectivity index is 2.49. The zero-order valence-corrected chi connectivity index (χ0v) is 10.1. The largest absolute Gasteiger partial charge is 0.467 e. The smallest absolute Gasteiger partial charge is 0.321 e. The van der Waals surface area contributed by atoms with Gasteiger partial charge in [0.05, 0.1) is 7.11 Å². The molecule has 84 valence electrons. The minimum atomic E-state index is 0.149. The summed E-state index contributed by atoms with van der Waals surface area (Å²) in [6.07, 6.45) is 0.937. The molecule has 0 aliphatic carbocycles. The highest BCUT2D eigenvalue weighted by Crippen LogP contribution is 2.17. The van der Waals surface area contributed by atoms with Gasteiger partial charge in [0.1, 0.15) is 0 Å². The van der Waals surface area contributed by atoms with E-state index in [-0.39, 0.29) is 11.3 Å². The lowest BCUT2D eigenvalue weighted by atomic mass is 10.5. The molecule has 1 rings (SSSR count). The van der Waals surface area contributed by atoms with Crippen LogP contribution in [-0.4, -0.2) is 41.5 Å². The molecule has 0 amide bonds. The number of hydrogen-bond donors (Lipinski definition) is 0. The molecule has 1 aromatic rings. The highest BCUT2D eigenvalue weighted by molar-refractivity contribution is 7.99. The minimum absolute atomic E-state index is 0.149. The molecule has 0 radical (unpaired) electrons. The minimum Gasteiger partial charge on any atom is -0.467 e. The van der Waals surface area contributed by atoms with Gasteiger partial charge < -0.3 is 9.47 Å². The van der Waals surface area contributed by atoms with Gasteiger partial charge in [-0.05, 0) is 18.0 Å². The molecular formula is C8H12ClN3O2S. The first-order chi connectivity index (χ1) is 7.26. The maximum absolute atomic E-state index is 5.69. The topological polar surface area (TPSA) is 57.1 Å². The third kappa shape index (κ3) is 4.63. The van der Waals surface area contributed by atoms with Crippen molar-refractivity contribution in [2.24, 2.45) is 0 Å². The Morgan fingerprint density at radius 2 is 2.07 bits per heavy atom. The van der Waals surface area contributed by atoms with Crippen LogP contribution in [0.5, 0.6) is 6.01 Å². The third-order valence-electron chi connectivity index (χ3n) is 1.47. The van der Waals surface area contributed by atoms with Gasteiger partial charge in [-0.3, -0.25) is 0 Å². The summed E-state index contributed by atoms with van der Waals surface area (Å²) in [5.41, 5.74) is 0. The van der Waals surface area contributed by atoms with Crippen molar-refractivity contribution in [3.8, 4) is 6.01 Å². The highest BCUT2D eigenvalue weighted by atomic mass is 35.5. The van der Waals surface area contributed by atoms with Gasteiger partial charge in [-0.2, -0.15) is 15.0 Å². The van der Waals surface area contributed by atoms with Crippen LogP contribution in [0.1, 0.15) is 6.42 Å². The lowest BCUT2D eigenvalue weighted by Crippen LogP contribution is -1.98. The van der Waals surface area contributed by atoms with Crippen molar-refractivity contribution in [3.05, 3.63) is 5.28 Å². The molecule has 7 heteroatoms. The fourth-order valence-electron chi connectivity index (χ4n) is 0.837. The normalized spacial score (nSPS) is 10.3. The van der Waals surface area contributed by atoms with E-state index in [0.29, 0.717) is 5.16 Å². The summed E-state index contributed by atoms with van der Waals surface area (Å²) in [5, 5.41) is 0.721. The Morgan fingerprint density at radius 1 is 1.27 bits per heavy atom. The van der Waals surface area contributed by atoms with Crippen LogP contribution in [0.2, 0.25) is 5.28 Å². The summed E-state index contributed by atoms with van der Waals surface area (Å²) < 4.78 is 9.81. The van der Waals surface area contributed by atoms with E-state index in [2.05, 4.69) is 15.0 Å². The second kappa shape index (κ2) is 6.81. The van der Waals surface area contributed by atoms with Crippen molar-refractivity contribution < 1.29 is 9.47 Å². The molecule has 0 spiro atoms. The van der Waals surface area contributed by atoms with Crippen molar-refractivity contribution in [2.75, 3.05) is 26.6 Å². The molecule has 0 aliphatic rings. The van der Waals surface area contributed by atoms with Crippen LogP contribution in [0.25, 0.3) is 0 Å². The molecule has 0 N–H and O–H groups in total. The molecule has 0 fully saturated rings. The van der Waals surface area contributed by atoms with Crippen molar-refractivity contribution >= 4 is 23.4 Å². The molecule has 0 unspecified atom stereocenters. The summed E-state index contributed by atoms with van der Waals surface area (Å²) in [6.45, 7) is 0.725. The molecule has 15 heavy (non-hydrogen) atoms.